The van der Waals surface area contributed by atoms with Crippen LogP contribution in [0, 0.1) is 0 Å². The molecule has 4 rings (SSSR count). The van der Waals surface area contributed by atoms with Gasteiger partial charge in [-0.3, -0.25) is 14.8 Å². The summed E-state index contributed by atoms with van der Waals surface area (Å²) in [7, 11) is 0. The van der Waals surface area contributed by atoms with E-state index in [1.54, 1.807) is 6.07 Å². The third-order valence-electron chi connectivity index (χ3n) is 5.08. The Morgan fingerprint density at radius 3 is 2.73 bits per heavy atom. The highest BCUT2D eigenvalue weighted by Crippen LogP contribution is 2.27. The fourth-order valence-corrected chi connectivity index (χ4v) is 3.91. The highest BCUT2D eigenvalue weighted by Gasteiger charge is 2.32. The lowest BCUT2D eigenvalue weighted by atomic mass is 10.1. The standard InChI is InChI=1S/C18H22ClN5O.ClH/c19-15-4-2-1-3-14(15)16-11-17(22-21-16)18(25)24-8-5-13(12-24)23-9-6-20-7-10-23;/h1-4,11,13,20H,5-10,12H2,(H,21,22);1H. The Morgan fingerprint density at radius 2 is 1.96 bits per heavy atom. The molecular formula is C18H23Cl2N5O. The minimum Gasteiger partial charge on any atom is -0.336 e. The zero-order chi connectivity index (χ0) is 17.2. The zero-order valence-corrected chi connectivity index (χ0v) is 16.0. The molecule has 1 aromatic heterocycles. The van der Waals surface area contributed by atoms with Gasteiger partial charge in [0.2, 0.25) is 0 Å². The van der Waals surface area contributed by atoms with Crippen LogP contribution in [0.15, 0.2) is 30.3 Å². The van der Waals surface area contributed by atoms with Gasteiger partial charge in [-0.1, -0.05) is 29.8 Å². The van der Waals surface area contributed by atoms with E-state index in [2.05, 4.69) is 20.4 Å². The maximum atomic E-state index is 12.8. The van der Waals surface area contributed by atoms with Crippen molar-refractivity contribution >= 4 is 29.9 Å². The predicted molar refractivity (Wildman–Crippen MR) is 105 cm³/mol. The van der Waals surface area contributed by atoms with Gasteiger partial charge in [0.05, 0.1) is 10.7 Å². The third kappa shape index (κ3) is 3.88. The van der Waals surface area contributed by atoms with Crippen LogP contribution >= 0.6 is 24.0 Å². The summed E-state index contributed by atoms with van der Waals surface area (Å²) in [6.45, 7) is 5.78. The smallest absolute Gasteiger partial charge is 0.271 e. The van der Waals surface area contributed by atoms with Crippen LogP contribution in [0.1, 0.15) is 16.9 Å². The molecule has 1 unspecified atom stereocenters. The van der Waals surface area contributed by atoms with E-state index in [4.69, 9.17) is 11.6 Å². The van der Waals surface area contributed by atoms with Crippen molar-refractivity contribution in [2.24, 2.45) is 0 Å². The second-order valence-corrected chi connectivity index (χ2v) is 7.03. The highest BCUT2D eigenvalue weighted by molar-refractivity contribution is 6.33. The molecule has 0 spiro atoms. The average Bonchev–Trinajstić information content (AvgIpc) is 3.32. The number of hydrogen-bond donors (Lipinski definition) is 2. The maximum absolute atomic E-state index is 12.8. The molecule has 26 heavy (non-hydrogen) atoms. The minimum atomic E-state index is 0. The highest BCUT2D eigenvalue weighted by atomic mass is 35.5. The van der Waals surface area contributed by atoms with Gasteiger partial charge in [0.15, 0.2) is 0 Å². The van der Waals surface area contributed by atoms with E-state index in [0.29, 0.717) is 22.5 Å². The van der Waals surface area contributed by atoms with Crippen molar-refractivity contribution < 1.29 is 4.79 Å². The number of carbonyl (C=O) groups excluding carboxylic acids is 1. The maximum Gasteiger partial charge on any atom is 0.271 e. The van der Waals surface area contributed by atoms with Gasteiger partial charge in [0, 0.05) is 50.9 Å². The molecule has 2 saturated heterocycles. The Hall–Kier alpha value is -1.60. The fraction of sp³-hybridized carbons (Fsp3) is 0.444. The van der Waals surface area contributed by atoms with Crippen LogP contribution < -0.4 is 5.32 Å². The first-order valence-electron chi connectivity index (χ1n) is 8.77. The molecule has 2 aliphatic rings. The lowest BCUT2D eigenvalue weighted by Gasteiger charge is -2.32. The summed E-state index contributed by atoms with van der Waals surface area (Å²) < 4.78 is 0. The lowest BCUT2D eigenvalue weighted by Crippen LogP contribution is -2.49. The molecule has 6 nitrogen and oxygen atoms in total. The molecule has 2 aromatic rings. The van der Waals surface area contributed by atoms with Gasteiger partial charge >= 0.3 is 0 Å². The van der Waals surface area contributed by atoms with Gasteiger partial charge in [-0.2, -0.15) is 5.10 Å². The van der Waals surface area contributed by atoms with Crippen molar-refractivity contribution in [1.29, 1.82) is 0 Å². The first-order valence-corrected chi connectivity index (χ1v) is 9.14. The van der Waals surface area contributed by atoms with E-state index in [-0.39, 0.29) is 18.3 Å². The van der Waals surface area contributed by atoms with Crippen LogP contribution in [-0.2, 0) is 0 Å². The van der Waals surface area contributed by atoms with Gasteiger partial charge in [-0.15, -0.1) is 12.4 Å². The monoisotopic (exact) mass is 395 g/mol. The van der Waals surface area contributed by atoms with Crippen LogP contribution in [-0.4, -0.2) is 71.2 Å². The Balaban J connectivity index is 0.00000196. The number of aromatic amines is 1. The van der Waals surface area contributed by atoms with Crippen LogP contribution in [0.3, 0.4) is 0 Å². The molecule has 8 heteroatoms. The van der Waals surface area contributed by atoms with Gasteiger partial charge in [-0.25, -0.2) is 0 Å². The number of hydrogen-bond acceptors (Lipinski definition) is 4. The van der Waals surface area contributed by atoms with E-state index in [0.717, 1.165) is 51.3 Å². The first-order chi connectivity index (χ1) is 12.2. The predicted octanol–water partition coefficient (Wildman–Crippen LogP) is 2.27. The summed E-state index contributed by atoms with van der Waals surface area (Å²) in [5, 5.41) is 11.2. The molecule has 140 valence electrons. The molecule has 2 aliphatic heterocycles. The SMILES string of the molecule is Cl.O=C(c1cc(-c2ccccc2Cl)n[nH]1)N1CCC(N2CCNCC2)C1. The van der Waals surface area contributed by atoms with Crippen molar-refractivity contribution in [2.45, 2.75) is 12.5 Å². The summed E-state index contributed by atoms with van der Waals surface area (Å²) in [4.78, 5) is 17.2. The van der Waals surface area contributed by atoms with Crippen molar-refractivity contribution in [2.75, 3.05) is 39.3 Å². The van der Waals surface area contributed by atoms with Crippen molar-refractivity contribution in [3.8, 4) is 11.3 Å². The largest absolute Gasteiger partial charge is 0.336 e. The van der Waals surface area contributed by atoms with E-state index >= 15 is 0 Å². The Morgan fingerprint density at radius 1 is 1.19 bits per heavy atom. The summed E-state index contributed by atoms with van der Waals surface area (Å²) in [5.74, 6) is 0.0171. The number of likely N-dealkylation sites (tertiary alicyclic amines) is 1. The quantitative estimate of drug-likeness (QED) is 0.836. The van der Waals surface area contributed by atoms with Crippen molar-refractivity contribution in [3.63, 3.8) is 0 Å². The molecule has 0 aliphatic carbocycles. The number of rotatable bonds is 3. The van der Waals surface area contributed by atoms with E-state index < -0.39 is 0 Å². The molecule has 3 heterocycles. The molecule has 0 saturated carbocycles. The van der Waals surface area contributed by atoms with E-state index in [1.807, 2.05) is 29.2 Å². The van der Waals surface area contributed by atoms with E-state index in [9.17, 15) is 4.79 Å². The van der Waals surface area contributed by atoms with E-state index in [1.165, 1.54) is 0 Å². The Labute approximate surface area is 164 Å². The second kappa shape index (κ2) is 8.39. The number of carbonyl (C=O) groups is 1. The minimum absolute atomic E-state index is 0. The van der Waals surface area contributed by atoms with Gasteiger partial charge < -0.3 is 10.2 Å². The number of H-pyrrole nitrogens is 1. The summed E-state index contributed by atoms with van der Waals surface area (Å²) in [6.07, 6.45) is 1.04. The number of piperazine rings is 1. The zero-order valence-electron chi connectivity index (χ0n) is 14.4. The molecule has 2 N–H and O–H groups in total. The first kappa shape index (κ1) is 19.2. The average molecular weight is 396 g/mol. The third-order valence-corrected chi connectivity index (χ3v) is 5.41. The van der Waals surface area contributed by atoms with Gasteiger partial charge in [0.1, 0.15) is 5.69 Å². The molecule has 1 aromatic carbocycles. The number of aromatic nitrogens is 2. The Kier molecular flexibility index (Phi) is 6.19. The molecule has 1 atom stereocenters. The fourth-order valence-electron chi connectivity index (χ4n) is 3.68. The molecule has 1 amide bonds. The van der Waals surface area contributed by atoms with Crippen LogP contribution in [0.4, 0.5) is 0 Å². The number of amides is 1. The van der Waals surface area contributed by atoms with Gasteiger partial charge in [0.25, 0.3) is 5.91 Å². The normalized spacial score (nSPS) is 20.8. The van der Waals surface area contributed by atoms with Crippen molar-refractivity contribution in [3.05, 3.63) is 41.0 Å². The summed E-state index contributed by atoms with van der Waals surface area (Å²) in [5.41, 5.74) is 2.06. The molecular weight excluding hydrogens is 373 g/mol. The van der Waals surface area contributed by atoms with Crippen LogP contribution in [0.5, 0.6) is 0 Å². The number of nitrogens with zero attached hydrogens (tertiary/aromatic N) is 3. The summed E-state index contributed by atoms with van der Waals surface area (Å²) in [6, 6.07) is 9.79. The number of nitrogens with one attached hydrogen (secondary N) is 2. The molecule has 0 bridgehead atoms. The number of benzene rings is 1. The van der Waals surface area contributed by atoms with Crippen molar-refractivity contribution in [1.82, 2.24) is 25.3 Å². The second-order valence-electron chi connectivity index (χ2n) is 6.63. The molecule has 0 radical (unpaired) electrons. The lowest BCUT2D eigenvalue weighted by molar-refractivity contribution is 0.0767. The van der Waals surface area contributed by atoms with Gasteiger partial charge in [-0.05, 0) is 18.6 Å². The topological polar surface area (TPSA) is 64.3 Å². The molecule has 2 fully saturated rings. The number of halogens is 2. The van der Waals surface area contributed by atoms with Crippen LogP contribution in [0.2, 0.25) is 5.02 Å². The Bertz CT molecular complexity index is 760. The van der Waals surface area contributed by atoms with Crippen LogP contribution in [0.25, 0.3) is 11.3 Å². The summed E-state index contributed by atoms with van der Waals surface area (Å²) >= 11 is 6.22.